The zero-order chi connectivity index (χ0) is 31.7. The van der Waals surface area contributed by atoms with Crippen LogP contribution in [0.4, 0.5) is 24.5 Å². The molecular weight excluding hydrogens is 567 g/mol. The summed E-state index contributed by atoms with van der Waals surface area (Å²) in [5.74, 6) is 6.07. The molecule has 0 radical (unpaired) electrons. The summed E-state index contributed by atoms with van der Waals surface area (Å²) in [7, 11) is 0. The Bertz CT molecular complexity index is 1820. The van der Waals surface area contributed by atoms with Gasteiger partial charge in [-0.2, -0.15) is 23.7 Å². The lowest BCUT2D eigenvalue weighted by Crippen LogP contribution is -2.38. The van der Waals surface area contributed by atoms with E-state index in [1.54, 1.807) is 18.3 Å². The number of nitriles is 2. The third kappa shape index (κ3) is 6.03. The van der Waals surface area contributed by atoms with Crippen molar-refractivity contribution >= 4 is 33.2 Å². The van der Waals surface area contributed by atoms with Gasteiger partial charge in [-0.15, -0.1) is 0 Å². The maximum atomic E-state index is 13.7. The van der Waals surface area contributed by atoms with E-state index < -0.39 is 24.2 Å². The highest BCUT2D eigenvalue weighted by molar-refractivity contribution is 5.99. The van der Waals surface area contributed by atoms with Gasteiger partial charge in [0.15, 0.2) is 0 Å². The Labute approximate surface area is 252 Å². The Hall–Kier alpha value is -5.07. The van der Waals surface area contributed by atoms with E-state index in [1.165, 1.54) is 6.20 Å². The number of anilines is 2. The van der Waals surface area contributed by atoms with Gasteiger partial charge in [-0.1, -0.05) is 18.2 Å². The van der Waals surface area contributed by atoms with Crippen LogP contribution in [0.1, 0.15) is 56.3 Å². The zero-order valence-corrected chi connectivity index (χ0v) is 24.5. The molecule has 2 aromatic carbocycles. The summed E-state index contributed by atoms with van der Waals surface area (Å²) in [6, 6.07) is 16.4. The van der Waals surface area contributed by atoms with Gasteiger partial charge in [0, 0.05) is 47.1 Å². The molecule has 0 aliphatic heterocycles. The molecule has 0 unspecified atom stereocenters. The number of aromatic nitrogens is 2. The van der Waals surface area contributed by atoms with Crippen molar-refractivity contribution in [3.05, 3.63) is 83.4 Å². The van der Waals surface area contributed by atoms with E-state index in [0.29, 0.717) is 16.8 Å². The van der Waals surface area contributed by atoms with Gasteiger partial charge in [0.05, 0.1) is 45.0 Å². The third-order valence-electron chi connectivity index (χ3n) is 8.04. The maximum absolute atomic E-state index is 13.7. The molecule has 6 N–H and O–H groups in total. The van der Waals surface area contributed by atoms with Gasteiger partial charge in [-0.05, 0) is 63.4 Å². The van der Waals surface area contributed by atoms with Crippen molar-refractivity contribution in [2.24, 2.45) is 11.3 Å². The Balaban J connectivity index is 1.64. The molecule has 44 heavy (non-hydrogen) atoms. The van der Waals surface area contributed by atoms with Gasteiger partial charge in [-0.25, -0.2) is 0 Å². The first-order chi connectivity index (χ1) is 20.9. The van der Waals surface area contributed by atoms with Crippen molar-refractivity contribution in [3.8, 4) is 12.1 Å². The molecule has 0 bridgehead atoms. The zero-order valence-electron chi connectivity index (χ0n) is 24.5. The van der Waals surface area contributed by atoms with E-state index in [-0.39, 0.29) is 27.9 Å². The quantitative estimate of drug-likeness (QED) is 0.107. The minimum Gasteiger partial charge on any atom is -0.384 e. The highest BCUT2D eigenvalue weighted by atomic mass is 19.4. The Morgan fingerprint density at radius 3 is 2.48 bits per heavy atom. The standard InChI is InChI=1S/C32H32F3N9/c1-30(2,32(33,34)35)18-41-28-20(15-37)16-40-27-19(14-36)12-21(13-24(27)28)43-29(26(44-38)17-42-31(3)9-10-31)23-6-4-8-25-22(23)7-5-11-39-25/h4-8,11-13,16-17,29,42-44H,9-10,18,38H2,1-3H3,(H,40,41)/b26-17-/t29-/m0/s1. The second-order valence-corrected chi connectivity index (χ2v) is 11.9. The monoisotopic (exact) mass is 599 g/mol. The fourth-order valence-corrected chi connectivity index (χ4v) is 4.82. The maximum Gasteiger partial charge on any atom is 0.395 e. The van der Waals surface area contributed by atoms with Crippen LogP contribution in [0.5, 0.6) is 0 Å². The molecule has 1 aliphatic carbocycles. The highest BCUT2D eigenvalue weighted by Gasteiger charge is 2.47. The van der Waals surface area contributed by atoms with Crippen LogP contribution in [-0.2, 0) is 0 Å². The highest BCUT2D eigenvalue weighted by Crippen LogP contribution is 2.40. The molecule has 5 rings (SSSR count). The number of hydrazine groups is 1. The lowest BCUT2D eigenvalue weighted by molar-refractivity contribution is -0.206. The summed E-state index contributed by atoms with van der Waals surface area (Å²) >= 11 is 0. The lowest BCUT2D eigenvalue weighted by atomic mass is 9.92. The van der Waals surface area contributed by atoms with Crippen molar-refractivity contribution in [2.75, 3.05) is 17.2 Å². The molecule has 9 nitrogen and oxygen atoms in total. The number of fused-ring (bicyclic) bond motifs is 2. The van der Waals surface area contributed by atoms with E-state index in [9.17, 15) is 23.7 Å². The Kier molecular flexibility index (Phi) is 7.98. The Morgan fingerprint density at radius 1 is 1.07 bits per heavy atom. The minimum atomic E-state index is -4.48. The van der Waals surface area contributed by atoms with Crippen LogP contribution in [-0.4, -0.2) is 28.2 Å². The van der Waals surface area contributed by atoms with Crippen molar-refractivity contribution in [1.29, 1.82) is 10.5 Å². The number of hydrogen-bond acceptors (Lipinski definition) is 9. The number of nitrogens with two attached hydrogens (primary N) is 1. The first-order valence-corrected chi connectivity index (χ1v) is 14.0. The number of nitrogens with zero attached hydrogens (tertiary/aromatic N) is 4. The average Bonchev–Trinajstić information content (AvgIpc) is 3.75. The molecule has 226 valence electrons. The number of pyridine rings is 2. The van der Waals surface area contributed by atoms with Gasteiger partial charge in [0.25, 0.3) is 0 Å². The normalized spacial score (nSPS) is 15.2. The molecule has 1 saturated carbocycles. The molecular formula is C32H32F3N9. The van der Waals surface area contributed by atoms with Gasteiger partial charge in [-0.3, -0.25) is 15.8 Å². The molecule has 1 atom stereocenters. The molecule has 0 saturated heterocycles. The molecule has 2 heterocycles. The molecule has 0 spiro atoms. The fourth-order valence-electron chi connectivity index (χ4n) is 4.82. The molecule has 0 amide bonds. The predicted octanol–water partition coefficient (Wildman–Crippen LogP) is 6.13. The van der Waals surface area contributed by atoms with E-state index in [0.717, 1.165) is 43.2 Å². The topological polar surface area (TPSA) is 148 Å². The van der Waals surface area contributed by atoms with E-state index in [2.05, 4.69) is 44.3 Å². The summed E-state index contributed by atoms with van der Waals surface area (Å²) in [4.78, 5) is 8.80. The molecule has 12 heteroatoms. The number of alkyl halides is 3. The SMILES string of the molecule is CC1(N/C=C(\NN)[C@@H](Nc2cc(C#N)c3ncc(C#N)c(NCC(C)(C)C(F)(F)F)c3c2)c2cccc3ncccc23)CC1. The van der Waals surface area contributed by atoms with Crippen molar-refractivity contribution in [2.45, 2.75) is 51.4 Å². The fraction of sp³-hybridized carbons (Fsp3) is 0.312. The molecule has 1 aliphatic rings. The summed E-state index contributed by atoms with van der Waals surface area (Å²) in [5, 5.41) is 30.8. The number of hydrogen-bond donors (Lipinski definition) is 5. The first kappa shape index (κ1) is 30.4. The van der Waals surface area contributed by atoms with Gasteiger partial charge in [0.2, 0.25) is 0 Å². The second kappa shape index (κ2) is 11.5. The summed E-state index contributed by atoms with van der Waals surface area (Å²) in [6.07, 6.45) is 2.34. The van der Waals surface area contributed by atoms with Crippen LogP contribution in [0, 0.1) is 28.1 Å². The molecule has 1 fully saturated rings. The smallest absolute Gasteiger partial charge is 0.384 e. The lowest BCUT2D eigenvalue weighted by Gasteiger charge is -2.29. The minimum absolute atomic E-state index is 0.0337. The predicted molar refractivity (Wildman–Crippen MR) is 164 cm³/mol. The van der Waals surface area contributed by atoms with E-state index in [4.69, 9.17) is 5.84 Å². The van der Waals surface area contributed by atoms with Gasteiger partial charge in [0.1, 0.15) is 12.1 Å². The van der Waals surface area contributed by atoms with Crippen LogP contribution in [0.25, 0.3) is 21.8 Å². The Morgan fingerprint density at radius 2 is 1.82 bits per heavy atom. The number of benzene rings is 2. The number of halogens is 3. The van der Waals surface area contributed by atoms with Crippen molar-refractivity contribution < 1.29 is 13.2 Å². The van der Waals surface area contributed by atoms with Crippen LogP contribution >= 0.6 is 0 Å². The third-order valence-corrected chi connectivity index (χ3v) is 8.04. The van der Waals surface area contributed by atoms with Gasteiger partial charge < -0.3 is 21.4 Å². The number of rotatable bonds is 10. The average molecular weight is 600 g/mol. The van der Waals surface area contributed by atoms with Crippen LogP contribution in [0.2, 0.25) is 0 Å². The first-order valence-electron chi connectivity index (χ1n) is 14.0. The number of nitrogens with one attached hydrogen (secondary N) is 4. The second-order valence-electron chi connectivity index (χ2n) is 11.9. The van der Waals surface area contributed by atoms with Crippen molar-refractivity contribution in [1.82, 2.24) is 20.7 Å². The largest absolute Gasteiger partial charge is 0.395 e. The van der Waals surface area contributed by atoms with E-state index >= 15 is 0 Å². The summed E-state index contributed by atoms with van der Waals surface area (Å²) in [5.41, 5.74) is 4.02. The van der Waals surface area contributed by atoms with Crippen molar-refractivity contribution in [3.63, 3.8) is 0 Å². The summed E-state index contributed by atoms with van der Waals surface area (Å²) in [6.45, 7) is 3.77. The van der Waals surface area contributed by atoms with Crippen LogP contribution < -0.4 is 27.2 Å². The molecule has 4 aromatic rings. The summed E-state index contributed by atoms with van der Waals surface area (Å²) < 4.78 is 41.0. The van der Waals surface area contributed by atoms with Crippen LogP contribution in [0.15, 0.2) is 66.8 Å². The molecule has 2 aromatic heterocycles. The van der Waals surface area contributed by atoms with E-state index in [1.807, 2.05) is 42.6 Å². The van der Waals surface area contributed by atoms with Gasteiger partial charge >= 0.3 is 6.18 Å². The van der Waals surface area contributed by atoms with Crippen LogP contribution in [0.3, 0.4) is 0 Å².